The average Bonchev–Trinajstić information content (AvgIpc) is 2.46. The zero-order chi connectivity index (χ0) is 15.2. The van der Waals surface area contributed by atoms with Gasteiger partial charge in [0.25, 0.3) is 0 Å². The van der Waals surface area contributed by atoms with E-state index >= 15 is 0 Å². The summed E-state index contributed by atoms with van der Waals surface area (Å²) in [6.45, 7) is 2.87. The predicted octanol–water partition coefficient (Wildman–Crippen LogP) is 3.74. The Morgan fingerprint density at radius 1 is 1.10 bits per heavy atom. The molecule has 110 valence electrons. The molecule has 0 spiro atoms. The first-order chi connectivity index (χ1) is 10.1. The third kappa shape index (κ3) is 4.62. The van der Waals surface area contributed by atoms with Crippen molar-refractivity contribution in [3.8, 4) is 11.5 Å². The fourth-order valence-corrected chi connectivity index (χ4v) is 2.16. The van der Waals surface area contributed by atoms with Crippen molar-refractivity contribution >= 4 is 28.8 Å². The predicted molar refractivity (Wildman–Crippen MR) is 89.5 cm³/mol. The van der Waals surface area contributed by atoms with Crippen molar-refractivity contribution in [3.05, 3.63) is 58.6 Å². The van der Waals surface area contributed by atoms with Crippen molar-refractivity contribution in [3.63, 3.8) is 0 Å². The highest BCUT2D eigenvalue weighted by Crippen LogP contribution is 2.21. The highest BCUT2D eigenvalue weighted by atomic mass is 35.5. The summed E-state index contributed by atoms with van der Waals surface area (Å²) in [6.07, 6.45) is 0. The highest BCUT2D eigenvalue weighted by Gasteiger charge is 2.01. The first-order valence-corrected chi connectivity index (χ1v) is 7.26. The summed E-state index contributed by atoms with van der Waals surface area (Å²) >= 11 is 10.8. The molecule has 0 amide bonds. The van der Waals surface area contributed by atoms with Gasteiger partial charge in [0.2, 0.25) is 0 Å². The molecular weight excluding hydrogens is 306 g/mol. The van der Waals surface area contributed by atoms with E-state index in [0.717, 1.165) is 22.6 Å². The number of hydrogen-bond acceptors (Lipinski definition) is 3. The van der Waals surface area contributed by atoms with E-state index in [9.17, 15) is 0 Å². The molecule has 5 heteroatoms. The number of thiocarbonyl (C=S) groups is 1. The summed E-state index contributed by atoms with van der Waals surface area (Å²) in [6, 6.07) is 12.9. The van der Waals surface area contributed by atoms with Crippen LogP contribution in [0.5, 0.6) is 11.5 Å². The van der Waals surface area contributed by atoms with Crippen LogP contribution < -0.4 is 15.2 Å². The summed E-state index contributed by atoms with van der Waals surface area (Å²) in [5.41, 5.74) is 7.36. The first-order valence-electron chi connectivity index (χ1n) is 6.48. The van der Waals surface area contributed by atoms with E-state index in [4.69, 9.17) is 39.0 Å². The van der Waals surface area contributed by atoms with Crippen LogP contribution in [0, 0.1) is 6.92 Å². The molecule has 0 aliphatic rings. The van der Waals surface area contributed by atoms with Crippen LogP contribution >= 0.6 is 23.8 Å². The lowest BCUT2D eigenvalue weighted by Crippen LogP contribution is -2.11. The Balaban J connectivity index is 1.80. The summed E-state index contributed by atoms with van der Waals surface area (Å²) < 4.78 is 11.2. The van der Waals surface area contributed by atoms with E-state index < -0.39 is 0 Å². The van der Waals surface area contributed by atoms with Gasteiger partial charge in [0, 0.05) is 10.6 Å². The molecule has 0 aliphatic carbocycles. The minimum absolute atomic E-state index is 0.378. The second kappa shape index (κ2) is 7.29. The van der Waals surface area contributed by atoms with Gasteiger partial charge in [-0.15, -0.1) is 0 Å². The quantitative estimate of drug-likeness (QED) is 0.650. The number of rotatable bonds is 6. The largest absolute Gasteiger partial charge is 0.490 e. The number of halogens is 1. The molecule has 0 aromatic heterocycles. The van der Waals surface area contributed by atoms with Gasteiger partial charge in [-0.2, -0.15) is 0 Å². The maximum atomic E-state index is 5.89. The molecular formula is C16H16ClNO2S. The first kappa shape index (κ1) is 15.6. The molecule has 0 unspecified atom stereocenters. The Kier molecular flexibility index (Phi) is 5.42. The molecule has 2 aromatic rings. The second-order valence-electron chi connectivity index (χ2n) is 4.50. The van der Waals surface area contributed by atoms with Crippen molar-refractivity contribution in [1.82, 2.24) is 0 Å². The lowest BCUT2D eigenvalue weighted by atomic mass is 10.2. The highest BCUT2D eigenvalue weighted by molar-refractivity contribution is 7.80. The molecule has 0 saturated carbocycles. The van der Waals surface area contributed by atoms with Gasteiger partial charge in [-0.05, 0) is 55.0 Å². The Morgan fingerprint density at radius 3 is 2.38 bits per heavy atom. The SMILES string of the molecule is Cc1cc(Cl)ccc1OCCOc1ccc(C(N)=S)cc1. The van der Waals surface area contributed by atoms with Gasteiger partial charge >= 0.3 is 0 Å². The fourth-order valence-electron chi connectivity index (χ4n) is 1.80. The van der Waals surface area contributed by atoms with Gasteiger partial charge in [0.05, 0.1) is 0 Å². The number of ether oxygens (including phenoxy) is 2. The molecule has 0 atom stereocenters. The van der Waals surface area contributed by atoms with Gasteiger partial charge in [-0.3, -0.25) is 0 Å². The van der Waals surface area contributed by atoms with Crippen molar-refractivity contribution in [2.45, 2.75) is 6.92 Å². The Hall–Kier alpha value is -1.78. The van der Waals surface area contributed by atoms with E-state index in [1.165, 1.54) is 0 Å². The molecule has 0 bridgehead atoms. The average molecular weight is 322 g/mol. The van der Waals surface area contributed by atoms with Crippen LogP contribution in [0.1, 0.15) is 11.1 Å². The number of nitrogens with two attached hydrogens (primary N) is 1. The van der Waals surface area contributed by atoms with Gasteiger partial charge in [0.15, 0.2) is 0 Å². The second-order valence-corrected chi connectivity index (χ2v) is 5.37. The molecule has 0 fully saturated rings. The molecule has 0 aliphatic heterocycles. The molecule has 2 aromatic carbocycles. The van der Waals surface area contributed by atoms with Gasteiger partial charge in [-0.1, -0.05) is 23.8 Å². The molecule has 0 saturated heterocycles. The Labute approximate surface area is 134 Å². The minimum Gasteiger partial charge on any atom is -0.490 e. The molecule has 0 radical (unpaired) electrons. The Bertz CT molecular complexity index is 629. The molecule has 2 N–H and O–H groups in total. The zero-order valence-electron chi connectivity index (χ0n) is 11.6. The number of aryl methyl sites for hydroxylation is 1. The lowest BCUT2D eigenvalue weighted by molar-refractivity contribution is 0.216. The molecule has 21 heavy (non-hydrogen) atoms. The maximum Gasteiger partial charge on any atom is 0.122 e. The number of hydrogen-bond donors (Lipinski definition) is 1. The maximum absolute atomic E-state index is 5.89. The van der Waals surface area contributed by atoms with Gasteiger partial charge in [-0.25, -0.2) is 0 Å². The van der Waals surface area contributed by atoms with Crippen LogP contribution in [0.25, 0.3) is 0 Å². The summed E-state index contributed by atoms with van der Waals surface area (Å²) in [7, 11) is 0. The molecule has 0 heterocycles. The van der Waals surface area contributed by atoms with Crippen LogP contribution in [0.3, 0.4) is 0 Å². The van der Waals surface area contributed by atoms with Crippen molar-refractivity contribution in [2.75, 3.05) is 13.2 Å². The smallest absolute Gasteiger partial charge is 0.122 e. The van der Waals surface area contributed by atoms with E-state index in [1.54, 1.807) is 6.07 Å². The monoisotopic (exact) mass is 321 g/mol. The number of benzene rings is 2. The summed E-state index contributed by atoms with van der Waals surface area (Å²) in [5, 5.41) is 0.703. The third-order valence-corrected chi connectivity index (χ3v) is 3.36. The van der Waals surface area contributed by atoms with Crippen LogP contribution in [0.15, 0.2) is 42.5 Å². The molecule has 3 nitrogen and oxygen atoms in total. The zero-order valence-corrected chi connectivity index (χ0v) is 13.2. The van der Waals surface area contributed by atoms with E-state index in [1.807, 2.05) is 43.3 Å². The minimum atomic E-state index is 0.378. The van der Waals surface area contributed by atoms with Crippen LogP contribution in [-0.4, -0.2) is 18.2 Å². The lowest BCUT2D eigenvalue weighted by Gasteiger charge is -2.10. The standard InChI is InChI=1S/C16H16ClNO2S/c1-11-10-13(17)4-7-15(11)20-9-8-19-14-5-2-12(3-6-14)16(18)21/h2-7,10H,8-9H2,1H3,(H2,18,21). The topological polar surface area (TPSA) is 44.5 Å². The normalized spacial score (nSPS) is 10.2. The van der Waals surface area contributed by atoms with E-state index in [2.05, 4.69) is 0 Å². The van der Waals surface area contributed by atoms with Crippen molar-refractivity contribution < 1.29 is 9.47 Å². The summed E-state index contributed by atoms with van der Waals surface area (Å²) in [5.74, 6) is 1.57. The van der Waals surface area contributed by atoms with Gasteiger partial charge < -0.3 is 15.2 Å². The van der Waals surface area contributed by atoms with E-state index in [0.29, 0.717) is 23.2 Å². The van der Waals surface area contributed by atoms with Crippen molar-refractivity contribution in [2.24, 2.45) is 5.73 Å². The molecule has 2 rings (SSSR count). The van der Waals surface area contributed by atoms with Gasteiger partial charge in [0.1, 0.15) is 29.7 Å². The summed E-state index contributed by atoms with van der Waals surface area (Å²) in [4.78, 5) is 0.378. The van der Waals surface area contributed by atoms with Crippen LogP contribution in [0.2, 0.25) is 5.02 Å². The van der Waals surface area contributed by atoms with E-state index in [-0.39, 0.29) is 0 Å². The fraction of sp³-hybridized carbons (Fsp3) is 0.188. The van der Waals surface area contributed by atoms with Crippen LogP contribution in [0.4, 0.5) is 0 Å². The van der Waals surface area contributed by atoms with Crippen molar-refractivity contribution in [1.29, 1.82) is 0 Å². The third-order valence-electron chi connectivity index (χ3n) is 2.89. The Morgan fingerprint density at radius 2 is 1.76 bits per heavy atom. The van der Waals surface area contributed by atoms with Crippen LogP contribution in [-0.2, 0) is 0 Å².